The van der Waals surface area contributed by atoms with Crippen LogP contribution in [0.15, 0.2) is 0 Å². The van der Waals surface area contributed by atoms with Gasteiger partial charge >= 0.3 is 11.9 Å². The number of esters is 2. The van der Waals surface area contributed by atoms with E-state index in [2.05, 4.69) is 6.92 Å². The van der Waals surface area contributed by atoms with Gasteiger partial charge < -0.3 is 9.47 Å². The molecule has 106 valence electrons. The van der Waals surface area contributed by atoms with E-state index in [4.69, 9.17) is 9.47 Å². The zero-order chi connectivity index (χ0) is 13.6. The molecule has 0 saturated heterocycles. The van der Waals surface area contributed by atoms with Crippen molar-refractivity contribution in [2.75, 3.05) is 13.2 Å². The summed E-state index contributed by atoms with van der Waals surface area (Å²) in [6.07, 6.45) is 6.16. The topological polar surface area (TPSA) is 52.6 Å². The molecule has 0 atom stereocenters. The maximum Gasteiger partial charge on any atom is 0.305 e. The molecule has 0 spiro atoms. The van der Waals surface area contributed by atoms with Gasteiger partial charge in [0.05, 0.1) is 13.2 Å². The summed E-state index contributed by atoms with van der Waals surface area (Å²) < 4.78 is 10.00. The van der Waals surface area contributed by atoms with Gasteiger partial charge in [-0.15, -0.1) is 0 Å². The summed E-state index contributed by atoms with van der Waals surface area (Å²) in [4.78, 5) is 22.4. The van der Waals surface area contributed by atoms with Crippen LogP contribution in [0.1, 0.15) is 65.2 Å². The van der Waals surface area contributed by atoms with Crippen molar-refractivity contribution in [3.8, 4) is 0 Å². The molecule has 0 heterocycles. The van der Waals surface area contributed by atoms with E-state index in [0.29, 0.717) is 38.9 Å². The molecule has 0 bridgehead atoms. The van der Waals surface area contributed by atoms with Gasteiger partial charge in [0.25, 0.3) is 0 Å². The molecule has 0 aromatic heterocycles. The lowest BCUT2D eigenvalue weighted by Crippen LogP contribution is -2.07. The number of rotatable bonds is 11. The molecule has 0 aliphatic rings. The second-order valence-electron chi connectivity index (χ2n) is 4.36. The number of hydrogen-bond donors (Lipinski definition) is 0. The van der Waals surface area contributed by atoms with Crippen molar-refractivity contribution in [1.82, 2.24) is 0 Å². The van der Waals surface area contributed by atoms with Crippen LogP contribution in [0.5, 0.6) is 0 Å². The Balaban J connectivity index is 3.31. The Morgan fingerprint density at radius 1 is 0.722 bits per heavy atom. The van der Waals surface area contributed by atoms with E-state index in [0.717, 1.165) is 25.7 Å². The van der Waals surface area contributed by atoms with Crippen molar-refractivity contribution in [1.29, 1.82) is 0 Å². The highest BCUT2D eigenvalue weighted by Gasteiger charge is 2.05. The summed E-state index contributed by atoms with van der Waals surface area (Å²) in [5.74, 6) is -0.332. The largest absolute Gasteiger partial charge is 0.466 e. The number of carbonyl (C=O) groups is 2. The van der Waals surface area contributed by atoms with Crippen LogP contribution in [0.2, 0.25) is 0 Å². The van der Waals surface area contributed by atoms with Gasteiger partial charge in [-0.1, -0.05) is 26.7 Å². The third kappa shape index (κ3) is 11.4. The fourth-order valence-electron chi connectivity index (χ4n) is 1.44. The van der Waals surface area contributed by atoms with E-state index in [-0.39, 0.29) is 11.9 Å². The van der Waals surface area contributed by atoms with Crippen LogP contribution in [0.4, 0.5) is 0 Å². The molecule has 0 aromatic rings. The van der Waals surface area contributed by atoms with Crippen molar-refractivity contribution in [2.45, 2.75) is 65.2 Å². The monoisotopic (exact) mass is 258 g/mol. The van der Waals surface area contributed by atoms with Crippen LogP contribution < -0.4 is 0 Å². The quantitative estimate of drug-likeness (QED) is 0.422. The van der Waals surface area contributed by atoms with Gasteiger partial charge in [0, 0.05) is 12.8 Å². The van der Waals surface area contributed by atoms with Crippen molar-refractivity contribution in [2.24, 2.45) is 0 Å². The Labute approximate surface area is 110 Å². The van der Waals surface area contributed by atoms with Crippen LogP contribution in [-0.4, -0.2) is 25.2 Å². The van der Waals surface area contributed by atoms with Crippen LogP contribution in [0.25, 0.3) is 0 Å². The van der Waals surface area contributed by atoms with E-state index in [1.165, 1.54) is 0 Å². The predicted molar refractivity (Wildman–Crippen MR) is 70.2 cm³/mol. The van der Waals surface area contributed by atoms with Crippen molar-refractivity contribution in [3.05, 3.63) is 0 Å². The molecule has 18 heavy (non-hydrogen) atoms. The fraction of sp³-hybridized carbons (Fsp3) is 0.857. The summed E-state index contributed by atoms with van der Waals surface area (Å²) in [5.41, 5.74) is 0. The van der Waals surface area contributed by atoms with Crippen LogP contribution in [0, 0.1) is 0 Å². The molecule has 0 saturated carbocycles. The van der Waals surface area contributed by atoms with Gasteiger partial charge in [0.1, 0.15) is 0 Å². The molecule has 0 aliphatic heterocycles. The minimum absolute atomic E-state index is 0.159. The highest BCUT2D eigenvalue weighted by Crippen LogP contribution is 2.04. The lowest BCUT2D eigenvalue weighted by atomic mass is 10.2. The number of carbonyl (C=O) groups excluding carboxylic acids is 2. The molecule has 0 radical (unpaired) electrons. The van der Waals surface area contributed by atoms with E-state index in [1.807, 2.05) is 6.92 Å². The van der Waals surface area contributed by atoms with Crippen molar-refractivity contribution >= 4 is 11.9 Å². The first-order valence-electron chi connectivity index (χ1n) is 7.02. The van der Waals surface area contributed by atoms with Gasteiger partial charge in [-0.2, -0.15) is 0 Å². The summed E-state index contributed by atoms with van der Waals surface area (Å²) >= 11 is 0. The molecule has 0 aliphatic carbocycles. The number of unbranched alkanes of at least 4 members (excludes halogenated alkanes) is 3. The van der Waals surface area contributed by atoms with Gasteiger partial charge in [-0.05, 0) is 25.7 Å². The average molecular weight is 258 g/mol. The van der Waals surface area contributed by atoms with Gasteiger partial charge in [0.15, 0.2) is 0 Å². The normalized spacial score (nSPS) is 10.1. The maximum absolute atomic E-state index is 11.3. The minimum atomic E-state index is -0.173. The van der Waals surface area contributed by atoms with Gasteiger partial charge in [-0.25, -0.2) is 0 Å². The first-order chi connectivity index (χ1) is 8.70. The molecule has 4 heteroatoms. The number of ether oxygens (including phenoxy) is 2. The maximum atomic E-state index is 11.3. The molecular weight excluding hydrogens is 232 g/mol. The molecule has 4 nitrogen and oxygen atoms in total. The van der Waals surface area contributed by atoms with E-state index >= 15 is 0 Å². The Morgan fingerprint density at radius 3 is 1.78 bits per heavy atom. The Hall–Kier alpha value is -1.06. The first-order valence-corrected chi connectivity index (χ1v) is 7.02. The lowest BCUT2D eigenvalue weighted by Gasteiger charge is -2.04. The average Bonchev–Trinajstić information content (AvgIpc) is 2.37. The third-order valence-corrected chi connectivity index (χ3v) is 2.49. The Bertz CT molecular complexity index is 226. The standard InChI is InChI=1S/C14H26O4/c1-3-5-8-12-18-14(16)10-7-6-9-13(15)17-11-4-2/h3-12H2,1-2H3. The van der Waals surface area contributed by atoms with Crippen molar-refractivity contribution in [3.63, 3.8) is 0 Å². The van der Waals surface area contributed by atoms with Crippen molar-refractivity contribution < 1.29 is 19.1 Å². The third-order valence-electron chi connectivity index (χ3n) is 2.49. The number of hydrogen-bond acceptors (Lipinski definition) is 4. The second kappa shape index (κ2) is 12.4. The molecule has 0 N–H and O–H groups in total. The molecular formula is C14H26O4. The van der Waals surface area contributed by atoms with Gasteiger partial charge in [-0.3, -0.25) is 9.59 Å². The van der Waals surface area contributed by atoms with E-state index < -0.39 is 0 Å². The first kappa shape index (κ1) is 16.9. The van der Waals surface area contributed by atoms with Gasteiger partial charge in [0.2, 0.25) is 0 Å². The molecule has 0 rings (SSSR count). The van der Waals surface area contributed by atoms with Crippen LogP contribution >= 0.6 is 0 Å². The molecule has 0 amide bonds. The highest BCUT2D eigenvalue weighted by molar-refractivity contribution is 5.70. The smallest absolute Gasteiger partial charge is 0.305 e. The van der Waals surface area contributed by atoms with E-state index in [1.54, 1.807) is 0 Å². The minimum Gasteiger partial charge on any atom is -0.466 e. The Kier molecular flexibility index (Phi) is 11.7. The summed E-state index contributed by atoms with van der Waals surface area (Å²) in [6, 6.07) is 0. The zero-order valence-corrected chi connectivity index (χ0v) is 11.7. The van der Waals surface area contributed by atoms with E-state index in [9.17, 15) is 9.59 Å². The van der Waals surface area contributed by atoms with Crippen LogP contribution in [0.3, 0.4) is 0 Å². The van der Waals surface area contributed by atoms with Crippen LogP contribution in [-0.2, 0) is 19.1 Å². The summed E-state index contributed by atoms with van der Waals surface area (Å²) in [5, 5.41) is 0. The SMILES string of the molecule is CCCCCOC(=O)CCCCC(=O)OCCC. The highest BCUT2D eigenvalue weighted by atomic mass is 16.5. The summed E-state index contributed by atoms with van der Waals surface area (Å²) in [6.45, 7) is 5.07. The summed E-state index contributed by atoms with van der Waals surface area (Å²) in [7, 11) is 0. The molecule has 0 unspecified atom stereocenters. The second-order valence-corrected chi connectivity index (χ2v) is 4.36. The molecule has 0 fully saturated rings. The predicted octanol–water partition coefficient (Wildman–Crippen LogP) is 3.23. The Morgan fingerprint density at radius 2 is 1.28 bits per heavy atom. The molecule has 0 aromatic carbocycles. The fourth-order valence-corrected chi connectivity index (χ4v) is 1.44. The zero-order valence-electron chi connectivity index (χ0n) is 11.7. The lowest BCUT2D eigenvalue weighted by molar-refractivity contribution is -0.146.